The number of amides is 1. The van der Waals surface area contributed by atoms with Crippen molar-refractivity contribution < 1.29 is 18.3 Å². The van der Waals surface area contributed by atoms with Crippen LogP contribution in [-0.2, 0) is 0 Å². The average Bonchev–Trinajstić information content (AvgIpc) is 2.50. The normalized spacial score (nSPS) is 11.8. The summed E-state index contributed by atoms with van der Waals surface area (Å²) in [5.74, 6) is -1.76. The van der Waals surface area contributed by atoms with Gasteiger partial charge in [0.2, 0.25) is 0 Å². The number of methoxy groups -OCH3 is 1. The molecule has 0 aromatic heterocycles. The van der Waals surface area contributed by atoms with E-state index >= 15 is 0 Å². The number of benzene rings is 2. The van der Waals surface area contributed by atoms with Crippen molar-refractivity contribution in [3.63, 3.8) is 0 Å². The van der Waals surface area contributed by atoms with Crippen molar-refractivity contribution in [2.45, 2.75) is 13.0 Å². The molecule has 2 aromatic carbocycles. The molecule has 1 atom stereocenters. The molecular formula is C16H15F2NO2. The van der Waals surface area contributed by atoms with E-state index in [9.17, 15) is 13.6 Å². The number of carbonyl (C=O) groups is 1. The van der Waals surface area contributed by atoms with Gasteiger partial charge in [0.15, 0.2) is 11.6 Å². The minimum absolute atomic E-state index is 0.0780. The lowest BCUT2D eigenvalue weighted by molar-refractivity contribution is 0.0939. The zero-order valence-electron chi connectivity index (χ0n) is 11.7. The lowest BCUT2D eigenvalue weighted by Crippen LogP contribution is -2.26. The Morgan fingerprint density at radius 1 is 1.10 bits per heavy atom. The van der Waals surface area contributed by atoms with E-state index in [0.29, 0.717) is 0 Å². The fourth-order valence-corrected chi connectivity index (χ4v) is 1.89. The Bertz CT molecular complexity index is 641. The summed E-state index contributed by atoms with van der Waals surface area (Å²) in [6.45, 7) is 1.81. The third-order valence-electron chi connectivity index (χ3n) is 3.15. The molecule has 2 aromatic rings. The molecule has 0 unspecified atom stereocenters. The maximum Gasteiger partial charge on any atom is 0.251 e. The summed E-state index contributed by atoms with van der Waals surface area (Å²) in [7, 11) is 1.57. The number of ether oxygens (including phenoxy) is 1. The maximum atomic E-state index is 13.1. The molecule has 0 aliphatic rings. The van der Waals surface area contributed by atoms with Gasteiger partial charge in [-0.25, -0.2) is 8.78 Å². The second-order valence-electron chi connectivity index (χ2n) is 4.60. The first kappa shape index (κ1) is 15.0. The van der Waals surface area contributed by atoms with E-state index in [4.69, 9.17) is 4.74 Å². The molecule has 0 saturated carbocycles. The lowest BCUT2D eigenvalue weighted by Gasteiger charge is -2.15. The van der Waals surface area contributed by atoms with Gasteiger partial charge in [0.05, 0.1) is 13.2 Å². The molecule has 0 aliphatic heterocycles. The van der Waals surface area contributed by atoms with Crippen LogP contribution in [0.5, 0.6) is 5.75 Å². The number of rotatable bonds is 4. The zero-order chi connectivity index (χ0) is 15.4. The number of carbonyl (C=O) groups excluding carboxylic acids is 1. The van der Waals surface area contributed by atoms with Crippen molar-refractivity contribution in [1.82, 2.24) is 5.32 Å². The molecule has 21 heavy (non-hydrogen) atoms. The van der Waals surface area contributed by atoms with Crippen molar-refractivity contribution in [3.05, 3.63) is 65.2 Å². The molecule has 110 valence electrons. The SMILES string of the molecule is COc1ccc([C@H](C)NC(=O)c2ccc(F)c(F)c2)cc1. The van der Waals surface area contributed by atoms with Crippen molar-refractivity contribution >= 4 is 5.91 Å². The molecule has 0 radical (unpaired) electrons. The molecule has 1 N–H and O–H groups in total. The summed E-state index contributed by atoms with van der Waals surface area (Å²) in [6.07, 6.45) is 0. The molecule has 1 amide bonds. The number of halogens is 2. The molecule has 0 fully saturated rings. The predicted molar refractivity (Wildman–Crippen MR) is 75.2 cm³/mol. The van der Waals surface area contributed by atoms with Crippen molar-refractivity contribution in [3.8, 4) is 5.75 Å². The summed E-state index contributed by atoms with van der Waals surface area (Å²) in [5.41, 5.74) is 0.959. The highest BCUT2D eigenvalue weighted by Gasteiger charge is 2.13. The van der Waals surface area contributed by atoms with Crippen LogP contribution in [0.4, 0.5) is 8.78 Å². The zero-order valence-corrected chi connectivity index (χ0v) is 11.7. The number of hydrogen-bond acceptors (Lipinski definition) is 2. The van der Waals surface area contributed by atoms with E-state index in [-0.39, 0.29) is 11.6 Å². The summed E-state index contributed by atoms with van der Waals surface area (Å²) in [4.78, 5) is 12.0. The molecule has 0 spiro atoms. The van der Waals surface area contributed by atoms with E-state index in [1.807, 2.05) is 12.1 Å². The van der Waals surface area contributed by atoms with E-state index in [1.165, 1.54) is 6.07 Å². The Morgan fingerprint density at radius 2 is 1.76 bits per heavy atom. The van der Waals surface area contributed by atoms with Gasteiger partial charge in [-0.1, -0.05) is 12.1 Å². The lowest BCUT2D eigenvalue weighted by atomic mass is 10.1. The van der Waals surface area contributed by atoms with Gasteiger partial charge in [-0.3, -0.25) is 4.79 Å². The van der Waals surface area contributed by atoms with Gasteiger partial charge in [-0.05, 0) is 42.8 Å². The summed E-state index contributed by atoms with van der Waals surface area (Å²) < 4.78 is 31.0. The minimum atomic E-state index is -1.04. The molecule has 3 nitrogen and oxygen atoms in total. The second-order valence-corrected chi connectivity index (χ2v) is 4.60. The monoisotopic (exact) mass is 291 g/mol. The van der Waals surface area contributed by atoms with Crippen LogP contribution in [0.2, 0.25) is 0 Å². The molecule has 2 rings (SSSR count). The van der Waals surface area contributed by atoms with E-state index in [2.05, 4.69) is 5.32 Å². The summed E-state index contributed by atoms with van der Waals surface area (Å²) in [5, 5.41) is 2.73. The highest BCUT2D eigenvalue weighted by molar-refractivity contribution is 5.94. The van der Waals surface area contributed by atoms with Crippen LogP contribution in [-0.4, -0.2) is 13.0 Å². The minimum Gasteiger partial charge on any atom is -0.497 e. The van der Waals surface area contributed by atoms with Crippen LogP contribution in [0, 0.1) is 11.6 Å². The van der Waals surface area contributed by atoms with E-state index in [0.717, 1.165) is 23.4 Å². The van der Waals surface area contributed by atoms with Crippen LogP contribution in [0.3, 0.4) is 0 Å². The van der Waals surface area contributed by atoms with Gasteiger partial charge in [-0.2, -0.15) is 0 Å². The highest BCUT2D eigenvalue weighted by Crippen LogP contribution is 2.18. The topological polar surface area (TPSA) is 38.3 Å². The molecule has 5 heteroatoms. The molecule has 0 saturated heterocycles. The van der Waals surface area contributed by atoms with Crippen molar-refractivity contribution in [2.75, 3.05) is 7.11 Å². The largest absolute Gasteiger partial charge is 0.497 e. The predicted octanol–water partition coefficient (Wildman–Crippen LogP) is 3.46. The summed E-state index contributed by atoms with van der Waals surface area (Å²) >= 11 is 0. The van der Waals surface area contributed by atoms with Gasteiger partial charge >= 0.3 is 0 Å². The molecule has 0 aliphatic carbocycles. The van der Waals surface area contributed by atoms with E-state index < -0.39 is 17.5 Å². The van der Waals surface area contributed by atoms with Crippen molar-refractivity contribution in [1.29, 1.82) is 0 Å². The third kappa shape index (κ3) is 3.56. The van der Waals surface area contributed by atoms with Crippen LogP contribution in [0.25, 0.3) is 0 Å². The van der Waals surface area contributed by atoms with Gasteiger partial charge < -0.3 is 10.1 Å². The molecular weight excluding hydrogens is 276 g/mol. The third-order valence-corrected chi connectivity index (χ3v) is 3.15. The highest BCUT2D eigenvalue weighted by atomic mass is 19.2. The van der Waals surface area contributed by atoms with Crippen molar-refractivity contribution in [2.24, 2.45) is 0 Å². The average molecular weight is 291 g/mol. The fraction of sp³-hybridized carbons (Fsp3) is 0.188. The Labute approximate surface area is 121 Å². The Hall–Kier alpha value is -2.43. The Kier molecular flexibility index (Phi) is 4.52. The van der Waals surface area contributed by atoms with Crippen LogP contribution in [0.1, 0.15) is 28.9 Å². The first-order valence-corrected chi connectivity index (χ1v) is 6.41. The fourth-order valence-electron chi connectivity index (χ4n) is 1.89. The standard InChI is InChI=1S/C16H15F2NO2/c1-10(11-3-6-13(21-2)7-4-11)19-16(20)12-5-8-14(17)15(18)9-12/h3-10H,1-2H3,(H,19,20)/t10-/m0/s1. The van der Waals surface area contributed by atoms with Gasteiger partial charge in [0.1, 0.15) is 5.75 Å². The van der Waals surface area contributed by atoms with Gasteiger partial charge in [-0.15, -0.1) is 0 Å². The molecule has 0 heterocycles. The Morgan fingerprint density at radius 3 is 2.33 bits per heavy atom. The quantitative estimate of drug-likeness (QED) is 0.936. The first-order valence-electron chi connectivity index (χ1n) is 6.41. The number of hydrogen-bond donors (Lipinski definition) is 1. The summed E-state index contributed by atoms with van der Waals surface area (Å²) in [6, 6.07) is 10.0. The Balaban J connectivity index is 2.08. The van der Waals surface area contributed by atoms with Gasteiger partial charge in [0, 0.05) is 5.56 Å². The van der Waals surface area contributed by atoms with Crippen LogP contribution < -0.4 is 10.1 Å². The smallest absolute Gasteiger partial charge is 0.251 e. The van der Waals surface area contributed by atoms with Crippen LogP contribution >= 0.6 is 0 Å². The molecule has 0 bridgehead atoms. The number of nitrogens with one attached hydrogen (secondary N) is 1. The maximum absolute atomic E-state index is 13.1. The van der Waals surface area contributed by atoms with E-state index in [1.54, 1.807) is 26.2 Å². The van der Waals surface area contributed by atoms with Crippen LogP contribution in [0.15, 0.2) is 42.5 Å². The van der Waals surface area contributed by atoms with Gasteiger partial charge in [0.25, 0.3) is 5.91 Å². The first-order chi connectivity index (χ1) is 10.0. The second kappa shape index (κ2) is 6.35.